The zero-order valence-corrected chi connectivity index (χ0v) is 9.50. The van der Waals surface area contributed by atoms with E-state index in [2.05, 4.69) is 0 Å². The number of rotatable bonds is 7. The molecule has 0 saturated carbocycles. The molecule has 0 fully saturated rings. The van der Waals surface area contributed by atoms with E-state index in [1.807, 2.05) is 0 Å². The minimum atomic E-state index is -2.03. The van der Waals surface area contributed by atoms with Crippen LogP contribution in [0.15, 0.2) is 0 Å². The number of ketones is 1. The van der Waals surface area contributed by atoms with Gasteiger partial charge in [-0.2, -0.15) is 0 Å². The normalized spacial score (nSPS) is 20.9. The second-order valence-corrected chi connectivity index (χ2v) is 4.82. The van der Waals surface area contributed by atoms with E-state index in [0.29, 0.717) is 0 Å². The molecule has 0 amide bonds. The Balaban J connectivity index is 4.42. The second-order valence-electron chi connectivity index (χ2n) is 3.34. The van der Waals surface area contributed by atoms with Crippen molar-refractivity contribution >= 4 is 16.6 Å². The van der Waals surface area contributed by atoms with Crippen LogP contribution >= 0.6 is 0 Å². The van der Waals surface area contributed by atoms with Crippen molar-refractivity contribution < 1.29 is 34.5 Å². The highest BCUT2D eigenvalue weighted by molar-refractivity contribution is 7.84. The van der Waals surface area contributed by atoms with E-state index < -0.39 is 47.6 Å². The van der Waals surface area contributed by atoms with Crippen LogP contribution in [0, 0.1) is 0 Å². The zero-order valence-electron chi connectivity index (χ0n) is 8.68. The van der Waals surface area contributed by atoms with Crippen LogP contribution in [-0.4, -0.2) is 78.6 Å². The molecule has 7 nitrogen and oxygen atoms in total. The van der Waals surface area contributed by atoms with Gasteiger partial charge in [0.25, 0.3) is 0 Å². The molecular formula is C8H16O7S. The van der Waals surface area contributed by atoms with Crippen LogP contribution in [0.1, 0.15) is 0 Å². The Kier molecular flexibility index (Phi) is 6.88. The summed E-state index contributed by atoms with van der Waals surface area (Å²) in [5, 5.41) is 45.0. The maximum atomic E-state index is 11.3. The summed E-state index contributed by atoms with van der Waals surface area (Å²) in [7, 11) is -1.43. The van der Waals surface area contributed by atoms with Gasteiger partial charge in [0.15, 0.2) is 5.78 Å². The summed E-state index contributed by atoms with van der Waals surface area (Å²) in [6.07, 6.45) is -6.01. The van der Waals surface area contributed by atoms with Crippen LogP contribution in [0.3, 0.4) is 0 Å². The van der Waals surface area contributed by atoms with E-state index in [1.165, 1.54) is 6.26 Å². The van der Waals surface area contributed by atoms with Crippen LogP contribution < -0.4 is 0 Å². The Labute approximate surface area is 94.8 Å². The molecule has 0 aliphatic carbocycles. The maximum Gasteiger partial charge on any atom is 0.193 e. The first kappa shape index (κ1) is 15.6. The third-order valence-corrected chi connectivity index (χ3v) is 2.70. The number of aliphatic hydroxyl groups is 5. The lowest BCUT2D eigenvalue weighted by molar-refractivity contribution is -0.147. The van der Waals surface area contributed by atoms with Crippen molar-refractivity contribution in [2.24, 2.45) is 0 Å². The molecule has 0 aliphatic heterocycles. The topological polar surface area (TPSA) is 135 Å². The second kappa shape index (κ2) is 7.05. The number of carbonyl (C=O) groups is 1. The number of hydrogen-bond donors (Lipinski definition) is 5. The van der Waals surface area contributed by atoms with Crippen molar-refractivity contribution in [1.29, 1.82) is 0 Å². The van der Waals surface area contributed by atoms with Gasteiger partial charge in [-0.25, -0.2) is 0 Å². The number of aliphatic hydroxyl groups excluding tert-OH is 5. The molecule has 5 N–H and O–H groups in total. The number of carbonyl (C=O) groups excluding carboxylic acids is 1. The van der Waals surface area contributed by atoms with Gasteiger partial charge < -0.3 is 25.5 Å². The van der Waals surface area contributed by atoms with Gasteiger partial charge in [0, 0.05) is 17.1 Å². The van der Waals surface area contributed by atoms with Crippen LogP contribution in [0.5, 0.6) is 0 Å². The monoisotopic (exact) mass is 256 g/mol. The third-order valence-electron chi connectivity index (χ3n) is 1.92. The van der Waals surface area contributed by atoms with Gasteiger partial charge >= 0.3 is 0 Å². The molecule has 0 spiro atoms. The Morgan fingerprint density at radius 3 is 2.12 bits per heavy atom. The van der Waals surface area contributed by atoms with Gasteiger partial charge in [0.2, 0.25) is 0 Å². The first-order valence-corrected chi connectivity index (χ1v) is 6.20. The average Bonchev–Trinajstić information content (AvgIpc) is 2.23. The fourth-order valence-corrected chi connectivity index (χ4v) is 1.60. The first-order chi connectivity index (χ1) is 7.31. The molecule has 5 atom stereocenters. The first-order valence-electron chi connectivity index (χ1n) is 4.48. The lowest BCUT2D eigenvalue weighted by Gasteiger charge is -2.22. The molecule has 0 bridgehead atoms. The highest BCUT2D eigenvalue weighted by atomic mass is 32.2. The van der Waals surface area contributed by atoms with E-state index >= 15 is 0 Å². The van der Waals surface area contributed by atoms with Crippen molar-refractivity contribution in [3.05, 3.63) is 0 Å². The molecule has 0 heterocycles. The molecule has 96 valence electrons. The average molecular weight is 256 g/mol. The Hall–Kier alpha value is -0.380. The van der Waals surface area contributed by atoms with Crippen molar-refractivity contribution in [1.82, 2.24) is 0 Å². The molecular weight excluding hydrogens is 240 g/mol. The molecule has 0 aromatic rings. The molecule has 0 aliphatic rings. The van der Waals surface area contributed by atoms with Gasteiger partial charge in [0.05, 0.1) is 12.4 Å². The molecule has 0 aromatic heterocycles. The Bertz CT molecular complexity index is 257. The Morgan fingerprint density at radius 1 is 1.25 bits per heavy atom. The summed E-state index contributed by atoms with van der Waals surface area (Å²) in [6, 6.07) is 0. The minimum absolute atomic E-state index is 0.363. The number of Topliss-reactive ketones (excluding diaryl/α,β-unsaturated/α-hetero) is 1. The lowest BCUT2D eigenvalue weighted by atomic mass is 10.0. The predicted molar refractivity (Wildman–Crippen MR) is 55.1 cm³/mol. The summed E-state index contributed by atoms with van der Waals surface area (Å²) < 4.78 is 10.7. The maximum absolute atomic E-state index is 11.3. The molecule has 16 heavy (non-hydrogen) atoms. The van der Waals surface area contributed by atoms with Crippen LogP contribution in [0.4, 0.5) is 0 Å². The van der Waals surface area contributed by atoms with Gasteiger partial charge in [-0.3, -0.25) is 9.00 Å². The predicted octanol–water partition coefficient (Wildman–Crippen LogP) is -3.63. The van der Waals surface area contributed by atoms with Gasteiger partial charge in [-0.1, -0.05) is 0 Å². The Morgan fingerprint density at radius 2 is 1.75 bits per heavy atom. The van der Waals surface area contributed by atoms with Gasteiger partial charge in [0.1, 0.15) is 24.4 Å². The van der Waals surface area contributed by atoms with E-state index in [1.54, 1.807) is 0 Å². The van der Waals surface area contributed by atoms with Crippen molar-refractivity contribution in [3.8, 4) is 0 Å². The third kappa shape index (κ3) is 4.64. The van der Waals surface area contributed by atoms with Gasteiger partial charge in [-0.05, 0) is 0 Å². The van der Waals surface area contributed by atoms with Crippen LogP contribution in [0.2, 0.25) is 0 Å². The fourth-order valence-electron chi connectivity index (χ4n) is 0.988. The fraction of sp³-hybridized carbons (Fsp3) is 0.875. The molecule has 2 unspecified atom stereocenters. The smallest absolute Gasteiger partial charge is 0.193 e. The minimum Gasteiger partial charge on any atom is -0.394 e. The lowest BCUT2D eigenvalue weighted by Crippen LogP contribution is -2.48. The van der Waals surface area contributed by atoms with E-state index in [4.69, 9.17) is 10.2 Å². The number of hydrogen-bond acceptors (Lipinski definition) is 7. The van der Waals surface area contributed by atoms with Crippen molar-refractivity contribution in [2.75, 3.05) is 18.6 Å². The highest BCUT2D eigenvalue weighted by Gasteiger charge is 2.33. The standard InChI is InChI=1S/C8H16O7S/c1-16(15)3-5(11)7(13)8(14)6(12)4(10)2-9/h4-6,8-12,14H,2-3H2,1H3/t4-,5?,6-,8+,16?/m1/s1. The van der Waals surface area contributed by atoms with Crippen molar-refractivity contribution in [3.63, 3.8) is 0 Å². The summed E-state index contributed by atoms with van der Waals surface area (Å²) in [5.74, 6) is -1.51. The van der Waals surface area contributed by atoms with E-state index in [0.717, 1.165) is 0 Å². The van der Waals surface area contributed by atoms with Crippen molar-refractivity contribution in [2.45, 2.75) is 24.4 Å². The van der Waals surface area contributed by atoms with Gasteiger partial charge in [-0.15, -0.1) is 0 Å². The zero-order chi connectivity index (χ0) is 12.9. The van der Waals surface area contributed by atoms with Crippen LogP contribution in [0.25, 0.3) is 0 Å². The summed E-state index contributed by atoms with van der Waals surface area (Å²) in [6.45, 7) is -0.832. The molecule has 0 rings (SSSR count). The molecule has 0 saturated heterocycles. The van der Waals surface area contributed by atoms with E-state index in [-0.39, 0.29) is 5.75 Å². The quantitative estimate of drug-likeness (QED) is 0.317. The SMILES string of the molecule is CS(=O)CC(O)C(=O)[C@@H](O)[C@H](O)[C@H](O)CO. The largest absolute Gasteiger partial charge is 0.394 e. The molecule has 0 aromatic carbocycles. The summed E-state index contributed by atoms with van der Waals surface area (Å²) in [4.78, 5) is 11.3. The molecule has 8 heteroatoms. The molecule has 0 radical (unpaired) electrons. The summed E-state index contributed by atoms with van der Waals surface area (Å²) >= 11 is 0. The van der Waals surface area contributed by atoms with E-state index in [9.17, 15) is 24.3 Å². The van der Waals surface area contributed by atoms with Crippen LogP contribution in [-0.2, 0) is 15.6 Å². The summed E-state index contributed by atoms with van der Waals surface area (Å²) in [5.41, 5.74) is 0. The highest BCUT2D eigenvalue weighted by Crippen LogP contribution is 2.04.